The molecule has 1 saturated heterocycles. The van der Waals surface area contributed by atoms with Crippen molar-refractivity contribution in [3.63, 3.8) is 0 Å². The van der Waals surface area contributed by atoms with Crippen molar-refractivity contribution in [1.29, 1.82) is 0 Å². The number of rotatable bonds is 3. The molecule has 1 fully saturated rings. The molecule has 1 aromatic heterocycles. The highest BCUT2D eigenvalue weighted by Gasteiger charge is 2.28. The van der Waals surface area contributed by atoms with Crippen molar-refractivity contribution < 1.29 is 8.78 Å². The van der Waals surface area contributed by atoms with Crippen LogP contribution in [0.15, 0.2) is 24.5 Å². The van der Waals surface area contributed by atoms with Gasteiger partial charge in [0.25, 0.3) is 0 Å². The van der Waals surface area contributed by atoms with Gasteiger partial charge in [0.15, 0.2) is 18.0 Å². The van der Waals surface area contributed by atoms with E-state index in [2.05, 4.69) is 20.7 Å². The molecule has 1 unspecified atom stereocenters. The van der Waals surface area contributed by atoms with Gasteiger partial charge in [0.2, 0.25) is 0 Å². The van der Waals surface area contributed by atoms with Crippen molar-refractivity contribution in [2.24, 2.45) is 5.92 Å². The Balaban J connectivity index is 1.98. The third-order valence-corrected chi connectivity index (χ3v) is 3.68. The standard InChI is InChI=1S/C13H15F2N5/c14-11-4-3-9(6-12(11)15)13(20-18-8-17-19-20)10-2-1-5-16-7-10/h3-4,6,8,10,13,16H,1-2,5,7H2/t10?,13-/m1/s1. The Labute approximate surface area is 115 Å². The Kier molecular flexibility index (Phi) is 3.68. The summed E-state index contributed by atoms with van der Waals surface area (Å²) in [6.45, 7) is 1.77. The van der Waals surface area contributed by atoms with Crippen LogP contribution in [0, 0.1) is 17.6 Å². The lowest BCUT2D eigenvalue weighted by Crippen LogP contribution is -2.36. The van der Waals surface area contributed by atoms with Gasteiger partial charge in [-0.15, -0.1) is 10.2 Å². The predicted octanol–water partition coefficient (Wildman–Crippen LogP) is 1.54. The molecule has 106 valence electrons. The van der Waals surface area contributed by atoms with Crippen LogP contribution in [0.2, 0.25) is 0 Å². The SMILES string of the molecule is Fc1ccc([C@H](C2CCCNC2)n2ncnn2)cc1F. The molecule has 7 heteroatoms. The normalized spacial score (nSPS) is 20.8. The minimum absolute atomic E-state index is 0.225. The lowest BCUT2D eigenvalue weighted by molar-refractivity contribution is 0.260. The number of tetrazole rings is 1. The summed E-state index contributed by atoms with van der Waals surface area (Å²) in [5.41, 5.74) is 0.663. The Morgan fingerprint density at radius 1 is 1.30 bits per heavy atom. The average Bonchev–Trinajstić information content (AvgIpc) is 2.98. The van der Waals surface area contributed by atoms with Crippen molar-refractivity contribution >= 4 is 0 Å². The molecule has 0 aliphatic carbocycles. The van der Waals surface area contributed by atoms with Crippen LogP contribution in [0.3, 0.4) is 0 Å². The second-order valence-corrected chi connectivity index (χ2v) is 4.98. The van der Waals surface area contributed by atoms with E-state index >= 15 is 0 Å². The Bertz CT molecular complexity index is 566. The summed E-state index contributed by atoms with van der Waals surface area (Å²) in [6.07, 6.45) is 3.38. The van der Waals surface area contributed by atoms with Crippen LogP contribution in [-0.4, -0.2) is 33.3 Å². The Morgan fingerprint density at radius 3 is 2.85 bits per heavy atom. The molecule has 0 saturated carbocycles. The van der Waals surface area contributed by atoms with E-state index < -0.39 is 11.6 Å². The number of nitrogens with zero attached hydrogens (tertiary/aromatic N) is 4. The van der Waals surface area contributed by atoms with Gasteiger partial charge in [-0.05, 0) is 48.2 Å². The fourth-order valence-electron chi connectivity index (χ4n) is 2.74. The maximum Gasteiger partial charge on any atom is 0.162 e. The summed E-state index contributed by atoms with van der Waals surface area (Å²) in [6, 6.07) is 3.71. The number of hydrogen-bond donors (Lipinski definition) is 1. The second-order valence-electron chi connectivity index (χ2n) is 4.98. The van der Waals surface area contributed by atoms with Crippen molar-refractivity contribution in [3.8, 4) is 0 Å². The number of nitrogens with one attached hydrogen (secondary N) is 1. The summed E-state index contributed by atoms with van der Waals surface area (Å²) < 4.78 is 26.6. The lowest BCUT2D eigenvalue weighted by atomic mass is 9.87. The van der Waals surface area contributed by atoms with E-state index in [9.17, 15) is 8.78 Å². The van der Waals surface area contributed by atoms with Crippen molar-refractivity contribution in [2.75, 3.05) is 13.1 Å². The molecule has 1 aliphatic heterocycles. The maximum absolute atomic E-state index is 13.5. The lowest BCUT2D eigenvalue weighted by Gasteiger charge is -2.30. The van der Waals surface area contributed by atoms with Crippen LogP contribution in [0.1, 0.15) is 24.4 Å². The highest BCUT2D eigenvalue weighted by Crippen LogP contribution is 2.30. The van der Waals surface area contributed by atoms with Gasteiger partial charge in [-0.2, -0.15) is 4.80 Å². The molecular formula is C13H15F2N5. The van der Waals surface area contributed by atoms with Crippen LogP contribution in [-0.2, 0) is 0 Å². The summed E-state index contributed by atoms with van der Waals surface area (Å²) in [7, 11) is 0. The highest BCUT2D eigenvalue weighted by atomic mass is 19.2. The molecule has 0 spiro atoms. The fraction of sp³-hybridized carbons (Fsp3) is 0.462. The van der Waals surface area contributed by atoms with Gasteiger partial charge in [-0.25, -0.2) is 8.78 Å². The highest BCUT2D eigenvalue weighted by molar-refractivity contribution is 5.22. The number of hydrogen-bond acceptors (Lipinski definition) is 4. The summed E-state index contributed by atoms with van der Waals surface area (Å²) >= 11 is 0. The molecule has 1 aromatic carbocycles. The van der Waals surface area contributed by atoms with Crippen LogP contribution in [0.4, 0.5) is 8.78 Å². The van der Waals surface area contributed by atoms with Gasteiger partial charge in [-0.3, -0.25) is 0 Å². The monoisotopic (exact) mass is 279 g/mol. The van der Waals surface area contributed by atoms with E-state index in [-0.39, 0.29) is 12.0 Å². The van der Waals surface area contributed by atoms with Gasteiger partial charge in [0.1, 0.15) is 6.04 Å². The first-order valence-electron chi connectivity index (χ1n) is 6.64. The van der Waals surface area contributed by atoms with Gasteiger partial charge >= 0.3 is 0 Å². The Morgan fingerprint density at radius 2 is 2.20 bits per heavy atom. The van der Waals surface area contributed by atoms with Crippen molar-refractivity contribution in [2.45, 2.75) is 18.9 Å². The molecule has 20 heavy (non-hydrogen) atoms. The molecule has 2 heterocycles. The van der Waals surface area contributed by atoms with E-state index in [4.69, 9.17) is 0 Å². The third-order valence-electron chi connectivity index (χ3n) is 3.68. The third kappa shape index (κ3) is 2.53. The van der Waals surface area contributed by atoms with Crippen LogP contribution < -0.4 is 5.32 Å². The van der Waals surface area contributed by atoms with E-state index in [1.165, 1.54) is 17.2 Å². The van der Waals surface area contributed by atoms with Gasteiger partial charge in [0, 0.05) is 6.54 Å². The zero-order valence-electron chi connectivity index (χ0n) is 10.8. The predicted molar refractivity (Wildman–Crippen MR) is 67.9 cm³/mol. The molecule has 1 aliphatic rings. The average molecular weight is 279 g/mol. The molecule has 2 atom stereocenters. The van der Waals surface area contributed by atoms with E-state index in [0.717, 1.165) is 32.0 Å². The first-order valence-corrected chi connectivity index (χ1v) is 6.64. The topological polar surface area (TPSA) is 55.6 Å². The van der Waals surface area contributed by atoms with Crippen LogP contribution >= 0.6 is 0 Å². The second kappa shape index (κ2) is 5.62. The summed E-state index contributed by atoms with van der Waals surface area (Å²) in [5, 5.41) is 15.0. The summed E-state index contributed by atoms with van der Waals surface area (Å²) in [4.78, 5) is 1.48. The zero-order chi connectivity index (χ0) is 13.9. The number of piperidine rings is 1. The maximum atomic E-state index is 13.5. The van der Waals surface area contributed by atoms with E-state index in [0.29, 0.717) is 5.56 Å². The molecule has 1 N–H and O–H groups in total. The molecular weight excluding hydrogens is 264 g/mol. The van der Waals surface area contributed by atoms with Crippen LogP contribution in [0.25, 0.3) is 0 Å². The number of aromatic nitrogens is 4. The molecule has 3 rings (SSSR count). The van der Waals surface area contributed by atoms with Crippen LogP contribution in [0.5, 0.6) is 0 Å². The molecule has 2 aromatic rings. The van der Waals surface area contributed by atoms with Gasteiger partial charge in [0.05, 0.1) is 0 Å². The molecule has 0 radical (unpaired) electrons. The quantitative estimate of drug-likeness (QED) is 0.926. The first-order chi connectivity index (χ1) is 9.75. The number of halogens is 2. The van der Waals surface area contributed by atoms with Gasteiger partial charge < -0.3 is 5.32 Å². The zero-order valence-corrected chi connectivity index (χ0v) is 10.8. The fourth-order valence-corrected chi connectivity index (χ4v) is 2.74. The van der Waals surface area contributed by atoms with Gasteiger partial charge in [-0.1, -0.05) is 6.07 Å². The van der Waals surface area contributed by atoms with E-state index in [1.54, 1.807) is 6.07 Å². The summed E-state index contributed by atoms with van der Waals surface area (Å²) in [5.74, 6) is -1.47. The minimum atomic E-state index is -0.851. The smallest absolute Gasteiger partial charge is 0.162 e. The largest absolute Gasteiger partial charge is 0.316 e. The first kappa shape index (κ1) is 13.1. The molecule has 5 nitrogen and oxygen atoms in total. The molecule has 0 bridgehead atoms. The Hall–Kier alpha value is -1.89. The molecule has 0 amide bonds. The minimum Gasteiger partial charge on any atom is -0.316 e. The van der Waals surface area contributed by atoms with Crippen molar-refractivity contribution in [1.82, 2.24) is 25.5 Å². The van der Waals surface area contributed by atoms with Crippen molar-refractivity contribution in [3.05, 3.63) is 41.7 Å². The number of benzene rings is 1. The van der Waals surface area contributed by atoms with E-state index in [1.807, 2.05) is 0 Å².